The summed E-state index contributed by atoms with van der Waals surface area (Å²) in [6.45, 7) is 4.40. The van der Waals surface area contributed by atoms with Crippen molar-refractivity contribution in [2.24, 2.45) is 5.73 Å². The number of hydrogen-bond acceptors (Lipinski definition) is 4. The van der Waals surface area contributed by atoms with Gasteiger partial charge in [-0.05, 0) is 44.9 Å². The van der Waals surface area contributed by atoms with Gasteiger partial charge in [0.25, 0.3) is 0 Å². The van der Waals surface area contributed by atoms with Crippen molar-refractivity contribution in [2.75, 3.05) is 19.6 Å². The summed E-state index contributed by atoms with van der Waals surface area (Å²) < 4.78 is 12.8. The number of β-amino-alcohol motifs (C(OH)–C–C–N with tert-alkyl or cyclic N) is 1. The number of likely N-dealkylation sites (tertiary alicyclic amines) is 1. The monoisotopic (exact) mass is 267 g/mol. The molecule has 1 fully saturated rings. The predicted octanol–water partition coefficient (Wildman–Crippen LogP) is 1.46. The smallest absolute Gasteiger partial charge is 0.141 e. The van der Waals surface area contributed by atoms with E-state index in [-0.39, 0.29) is 11.9 Å². The number of nitrogens with two attached hydrogens (primary N) is 1. The van der Waals surface area contributed by atoms with Crippen LogP contribution in [0.3, 0.4) is 0 Å². The number of hydrogen-bond donors (Lipinski definition) is 2. The third-order valence-electron chi connectivity index (χ3n) is 3.64. The minimum atomic E-state index is -0.587. The van der Waals surface area contributed by atoms with Crippen LogP contribution in [-0.2, 0) is 0 Å². The topological polar surface area (TPSA) is 62.4 Å². The van der Waals surface area contributed by atoms with E-state index in [1.54, 1.807) is 6.07 Å². The van der Waals surface area contributed by atoms with Crippen molar-refractivity contribution in [2.45, 2.75) is 37.8 Å². The van der Waals surface area contributed by atoms with Crippen molar-refractivity contribution in [3.63, 3.8) is 0 Å². The number of halogens is 1. The van der Waals surface area contributed by atoms with E-state index in [0.717, 1.165) is 32.4 Å². The lowest BCUT2D eigenvalue weighted by Gasteiger charge is -2.37. The van der Waals surface area contributed by atoms with Crippen molar-refractivity contribution in [1.82, 2.24) is 9.88 Å². The fraction of sp³-hybridized carbons (Fsp3) is 0.643. The van der Waals surface area contributed by atoms with Crippen molar-refractivity contribution in [3.8, 4) is 0 Å². The van der Waals surface area contributed by atoms with Gasteiger partial charge in [0.2, 0.25) is 0 Å². The molecule has 3 N–H and O–H groups in total. The Labute approximate surface area is 113 Å². The van der Waals surface area contributed by atoms with Crippen molar-refractivity contribution >= 4 is 0 Å². The summed E-state index contributed by atoms with van der Waals surface area (Å²) in [5.41, 5.74) is 6.18. The van der Waals surface area contributed by atoms with Crippen LogP contribution in [0.5, 0.6) is 0 Å². The minimum absolute atomic E-state index is 0.188. The van der Waals surface area contributed by atoms with E-state index >= 15 is 0 Å². The van der Waals surface area contributed by atoms with Gasteiger partial charge in [-0.15, -0.1) is 0 Å². The highest BCUT2D eigenvalue weighted by atomic mass is 19.1. The Morgan fingerprint density at radius 2 is 2.37 bits per heavy atom. The summed E-state index contributed by atoms with van der Waals surface area (Å²) in [7, 11) is 0. The third-order valence-corrected chi connectivity index (χ3v) is 3.64. The summed E-state index contributed by atoms with van der Waals surface area (Å²) in [5, 5.41) is 10.0. The van der Waals surface area contributed by atoms with Crippen LogP contribution in [0.2, 0.25) is 0 Å². The minimum Gasteiger partial charge on any atom is -0.389 e. The highest BCUT2D eigenvalue weighted by Crippen LogP contribution is 2.21. The van der Waals surface area contributed by atoms with Gasteiger partial charge in [0, 0.05) is 19.1 Å². The molecule has 1 aliphatic rings. The van der Waals surface area contributed by atoms with Crippen molar-refractivity contribution in [3.05, 3.63) is 29.8 Å². The fourth-order valence-electron chi connectivity index (χ4n) is 2.59. The molecule has 2 heterocycles. The van der Waals surface area contributed by atoms with E-state index in [9.17, 15) is 9.50 Å². The lowest BCUT2D eigenvalue weighted by molar-refractivity contribution is -0.0161. The van der Waals surface area contributed by atoms with Crippen LogP contribution in [0.25, 0.3) is 0 Å². The highest BCUT2D eigenvalue weighted by molar-refractivity contribution is 5.09. The van der Waals surface area contributed by atoms with Crippen molar-refractivity contribution < 1.29 is 9.50 Å². The number of piperidine rings is 1. The van der Waals surface area contributed by atoms with Gasteiger partial charge >= 0.3 is 0 Å². The Kier molecular flexibility index (Phi) is 4.50. The second-order valence-electron chi connectivity index (χ2n) is 5.67. The van der Waals surface area contributed by atoms with Gasteiger partial charge in [-0.25, -0.2) is 4.39 Å². The summed E-state index contributed by atoms with van der Waals surface area (Å²) in [4.78, 5) is 6.23. The molecule has 2 unspecified atom stereocenters. The Morgan fingerprint density at radius 1 is 1.58 bits per heavy atom. The van der Waals surface area contributed by atoms with E-state index in [2.05, 4.69) is 9.88 Å². The average molecular weight is 267 g/mol. The van der Waals surface area contributed by atoms with Crippen LogP contribution in [0.1, 0.15) is 37.9 Å². The maximum absolute atomic E-state index is 12.8. The lowest BCUT2D eigenvalue weighted by atomic mass is 9.95. The first kappa shape index (κ1) is 14.4. The molecule has 1 aromatic rings. The van der Waals surface area contributed by atoms with Crippen molar-refractivity contribution in [1.29, 1.82) is 0 Å². The van der Waals surface area contributed by atoms with Gasteiger partial charge < -0.3 is 15.7 Å². The van der Waals surface area contributed by atoms with Gasteiger partial charge in [-0.3, -0.25) is 4.98 Å². The molecule has 106 valence electrons. The number of pyridine rings is 1. The maximum Gasteiger partial charge on any atom is 0.141 e. The van der Waals surface area contributed by atoms with E-state index < -0.39 is 5.60 Å². The van der Waals surface area contributed by atoms with Crippen LogP contribution >= 0.6 is 0 Å². The van der Waals surface area contributed by atoms with Gasteiger partial charge in [0.1, 0.15) is 5.82 Å². The molecule has 4 nitrogen and oxygen atoms in total. The van der Waals surface area contributed by atoms with Crippen LogP contribution in [-0.4, -0.2) is 40.2 Å². The Balaban J connectivity index is 1.83. The zero-order valence-corrected chi connectivity index (χ0v) is 11.3. The summed E-state index contributed by atoms with van der Waals surface area (Å²) >= 11 is 0. The molecule has 0 aliphatic carbocycles. The first-order valence-corrected chi connectivity index (χ1v) is 6.78. The summed E-state index contributed by atoms with van der Waals surface area (Å²) in [6, 6.07) is 2.83. The Bertz CT molecular complexity index is 408. The standard InChI is InChI=1S/C14H22FN3O/c1-14(19)6-2-7-18(10-14)8-5-12(16)13-4-3-11(15)9-17-13/h3-4,9,12,19H,2,5-8,10,16H2,1H3. The predicted molar refractivity (Wildman–Crippen MR) is 72.0 cm³/mol. The van der Waals surface area contributed by atoms with E-state index in [1.165, 1.54) is 12.3 Å². The Hall–Kier alpha value is -1.04. The molecule has 0 radical (unpaired) electrons. The number of rotatable bonds is 4. The van der Waals surface area contributed by atoms with E-state index in [4.69, 9.17) is 5.73 Å². The van der Waals surface area contributed by atoms with E-state index in [0.29, 0.717) is 12.2 Å². The molecule has 0 spiro atoms. The number of aliphatic hydroxyl groups is 1. The highest BCUT2D eigenvalue weighted by Gasteiger charge is 2.28. The summed E-state index contributed by atoms with van der Waals surface area (Å²) in [5.74, 6) is -0.344. The number of nitrogens with zero attached hydrogens (tertiary/aromatic N) is 2. The van der Waals surface area contributed by atoms with Gasteiger partial charge in [0.15, 0.2) is 0 Å². The molecule has 0 aromatic carbocycles. The molecule has 19 heavy (non-hydrogen) atoms. The van der Waals surface area contributed by atoms with Crippen LogP contribution in [0, 0.1) is 5.82 Å². The molecule has 2 rings (SSSR count). The molecule has 0 amide bonds. The quantitative estimate of drug-likeness (QED) is 0.867. The van der Waals surface area contributed by atoms with Gasteiger partial charge in [-0.2, -0.15) is 0 Å². The van der Waals surface area contributed by atoms with Crippen LogP contribution in [0.4, 0.5) is 4.39 Å². The molecule has 1 aromatic heterocycles. The molecule has 5 heteroatoms. The maximum atomic E-state index is 12.8. The fourth-order valence-corrected chi connectivity index (χ4v) is 2.59. The van der Waals surface area contributed by atoms with E-state index in [1.807, 2.05) is 6.92 Å². The molecular weight excluding hydrogens is 245 g/mol. The molecule has 1 aliphatic heterocycles. The summed E-state index contributed by atoms with van der Waals surface area (Å²) in [6.07, 6.45) is 3.82. The molecule has 2 atom stereocenters. The molecular formula is C14H22FN3O. The van der Waals surface area contributed by atoms with Gasteiger partial charge in [0.05, 0.1) is 17.5 Å². The second-order valence-corrected chi connectivity index (χ2v) is 5.67. The SMILES string of the molecule is CC1(O)CCCN(CCC(N)c2ccc(F)cn2)C1. The van der Waals surface area contributed by atoms with Crippen LogP contribution < -0.4 is 5.73 Å². The molecule has 1 saturated heterocycles. The zero-order chi connectivity index (χ0) is 13.9. The Morgan fingerprint density at radius 3 is 3.00 bits per heavy atom. The van der Waals surface area contributed by atoms with Crippen LogP contribution in [0.15, 0.2) is 18.3 Å². The molecule has 0 saturated carbocycles. The average Bonchev–Trinajstić information content (AvgIpc) is 2.36. The lowest BCUT2D eigenvalue weighted by Crippen LogP contribution is -2.46. The molecule has 0 bridgehead atoms. The first-order valence-electron chi connectivity index (χ1n) is 6.78. The second kappa shape index (κ2) is 5.94. The van der Waals surface area contributed by atoms with Gasteiger partial charge in [-0.1, -0.05) is 0 Å². The largest absolute Gasteiger partial charge is 0.389 e. The zero-order valence-electron chi connectivity index (χ0n) is 11.3. The normalized spacial score (nSPS) is 26.3. The number of aromatic nitrogens is 1. The first-order chi connectivity index (χ1) is 8.96. The third kappa shape index (κ3) is 4.23.